The van der Waals surface area contributed by atoms with Gasteiger partial charge in [-0.1, -0.05) is 33.6 Å². The first kappa shape index (κ1) is 11.8. The number of alkyl halides is 1. The van der Waals surface area contributed by atoms with Gasteiger partial charge >= 0.3 is 5.69 Å². The first-order valence-corrected chi connectivity index (χ1v) is 5.34. The number of nitrogens with zero attached hydrogens (tertiary/aromatic N) is 1. The highest BCUT2D eigenvalue weighted by Gasteiger charge is 2.13. The van der Waals surface area contributed by atoms with Crippen LogP contribution in [-0.2, 0) is 0 Å². The van der Waals surface area contributed by atoms with E-state index in [4.69, 9.17) is 0 Å². The summed E-state index contributed by atoms with van der Waals surface area (Å²) in [6.07, 6.45) is 1.77. The lowest BCUT2D eigenvalue weighted by atomic mass is 10.1. The largest absolute Gasteiger partial charge is 0.305 e. The van der Waals surface area contributed by atoms with Crippen LogP contribution in [0.3, 0.4) is 0 Å². The number of benzene rings is 1. The lowest BCUT2D eigenvalue weighted by Gasteiger charge is -1.98. The summed E-state index contributed by atoms with van der Waals surface area (Å²) in [7, 11) is 0. The average molecular weight is 274 g/mol. The topological polar surface area (TPSA) is 43.1 Å². The maximum absolute atomic E-state index is 13.0. The van der Waals surface area contributed by atoms with Gasteiger partial charge in [-0.15, -0.1) is 0 Å². The van der Waals surface area contributed by atoms with Gasteiger partial charge in [-0.25, -0.2) is 0 Å². The van der Waals surface area contributed by atoms with Crippen molar-refractivity contribution in [2.75, 3.05) is 5.33 Å². The number of allylic oxidation sites excluding steroid dienone is 1. The molecule has 1 aromatic rings. The fourth-order valence-corrected chi connectivity index (χ4v) is 1.24. The fraction of sp³-hybridized carbons (Fsp3) is 0.200. The monoisotopic (exact) mass is 273 g/mol. The van der Waals surface area contributed by atoms with Gasteiger partial charge < -0.3 is 0 Å². The smallest absolute Gasteiger partial charge is 0.258 e. The Morgan fingerprint density at radius 3 is 2.87 bits per heavy atom. The van der Waals surface area contributed by atoms with E-state index in [1.165, 1.54) is 12.1 Å². The number of halogens is 2. The number of hydrogen-bond acceptors (Lipinski definition) is 2. The van der Waals surface area contributed by atoms with Crippen LogP contribution in [0.15, 0.2) is 23.8 Å². The molecule has 0 spiro atoms. The molecule has 0 amide bonds. The number of nitro benzene ring substituents is 1. The summed E-state index contributed by atoms with van der Waals surface area (Å²) in [4.78, 5) is 9.74. The Morgan fingerprint density at radius 2 is 2.33 bits per heavy atom. The molecule has 5 heteroatoms. The maximum Gasteiger partial charge on any atom is 0.305 e. The Morgan fingerprint density at radius 1 is 1.67 bits per heavy atom. The zero-order chi connectivity index (χ0) is 11.4. The predicted octanol–water partition coefficient (Wildman–Crippen LogP) is 3.53. The lowest BCUT2D eigenvalue weighted by Crippen LogP contribution is -1.92. The van der Waals surface area contributed by atoms with E-state index in [0.717, 1.165) is 11.6 Å². The van der Waals surface area contributed by atoms with Gasteiger partial charge in [-0.2, -0.15) is 4.39 Å². The molecule has 0 saturated carbocycles. The quantitative estimate of drug-likeness (QED) is 0.480. The third-order valence-corrected chi connectivity index (χ3v) is 2.68. The molecule has 0 radical (unpaired) electrons. The van der Waals surface area contributed by atoms with E-state index in [9.17, 15) is 14.5 Å². The standard InChI is InChI=1S/C10H9BrFNO2/c1-7(6-11)4-8-2-3-9(12)10(5-8)13(14)15/h2-5H,6H2,1H3/b7-4-. The molecular weight excluding hydrogens is 265 g/mol. The number of rotatable bonds is 3. The maximum atomic E-state index is 13.0. The van der Waals surface area contributed by atoms with Crippen LogP contribution < -0.4 is 0 Å². The molecule has 0 aromatic heterocycles. The van der Waals surface area contributed by atoms with E-state index in [2.05, 4.69) is 15.9 Å². The summed E-state index contributed by atoms with van der Waals surface area (Å²) < 4.78 is 13.0. The van der Waals surface area contributed by atoms with E-state index < -0.39 is 16.4 Å². The van der Waals surface area contributed by atoms with Gasteiger partial charge in [0.05, 0.1) is 4.92 Å². The Kier molecular flexibility index (Phi) is 3.96. The minimum atomic E-state index is -0.811. The van der Waals surface area contributed by atoms with Crippen LogP contribution >= 0.6 is 15.9 Å². The molecule has 0 bridgehead atoms. The van der Waals surface area contributed by atoms with E-state index in [0.29, 0.717) is 10.9 Å². The first-order chi connectivity index (χ1) is 7.04. The van der Waals surface area contributed by atoms with Crippen LogP contribution in [0.2, 0.25) is 0 Å². The molecule has 0 atom stereocenters. The molecule has 80 valence electrons. The van der Waals surface area contributed by atoms with Crippen molar-refractivity contribution in [3.05, 3.63) is 45.3 Å². The van der Waals surface area contributed by atoms with Crippen molar-refractivity contribution in [3.8, 4) is 0 Å². The fourth-order valence-electron chi connectivity index (χ4n) is 1.08. The van der Waals surface area contributed by atoms with Gasteiger partial charge in [0.15, 0.2) is 0 Å². The highest BCUT2D eigenvalue weighted by Crippen LogP contribution is 2.20. The van der Waals surface area contributed by atoms with Gasteiger partial charge in [0, 0.05) is 11.4 Å². The van der Waals surface area contributed by atoms with Gasteiger partial charge in [0.1, 0.15) is 0 Å². The number of hydrogen-bond donors (Lipinski definition) is 0. The first-order valence-electron chi connectivity index (χ1n) is 4.21. The minimum absolute atomic E-state index is 0.494. The minimum Gasteiger partial charge on any atom is -0.258 e. The molecule has 0 aliphatic carbocycles. The average Bonchev–Trinajstić information content (AvgIpc) is 2.20. The normalized spacial score (nSPS) is 11.5. The second kappa shape index (κ2) is 5.02. The van der Waals surface area contributed by atoms with Crippen molar-refractivity contribution >= 4 is 27.7 Å². The molecule has 1 rings (SSSR count). The molecule has 0 aliphatic rings. The summed E-state index contributed by atoms with van der Waals surface area (Å²) in [5, 5.41) is 11.1. The van der Waals surface area contributed by atoms with Crippen molar-refractivity contribution in [2.24, 2.45) is 0 Å². The van der Waals surface area contributed by atoms with Crippen molar-refractivity contribution < 1.29 is 9.31 Å². The second-order valence-corrected chi connectivity index (χ2v) is 3.65. The molecule has 0 heterocycles. The molecule has 0 aliphatic heterocycles. The van der Waals surface area contributed by atoms with Crippen LogP contribution in [0.5, 0.6) is 0 Å². The van der Waals surface area contributed by atoms with Crippen molar-refractivity contribution in [2.45, 2.75) is 6.92 Å². The number of nitro groups is 1. The Hall–Kier alpha value is -1.23. The zero-order valence-corrected chi connectivity index (χ0v) is 9.62. The van der Waals surface area contributed by atoms with E-state index in [-0.39, 0.29) is 0 Å². The molecule has 0 N–H and O–H groups in total. The Labute approximate surface area is 94.9 Å². The van der Waals surface area contributed by atoms with E-state index in [1.807, 2.05) is 6.92 Å². The SMILES string of the molecule is C/C(=C/c1ccc(F)c([N+](=O)[O-])c1)CBr. The van der Waals surface area contributed by atoms with Crippen LogP contribution in [0, 0.1) is 15.9 Å². The Balaban J connectivity index is 3.13. The second-order valence-electron chi connectivity index (χ2n) is 3.09. The van der Waals surface area contributed by atoms with Gasteiger partial charge in [-0.3, -0.25) is 10.1 Å². The van der Waals surface area contributed by atoms with Gasteiger partial charge in [-0.05, 0) is 18.6 Å². The summed E-state index contributed by atoms with van der Waals surface area (Å²) in [6, 6.07) is 3.83. The highest BCUT2D eigenvalue weighted by atomic mass is 79.9. The molecule has 1 aromatic carbocycles. The molecular formula is C10H9BrFNO2. The summed E-state index contributed by atoms with van der Waals surface area (Å²) in [5.74, 6) is -0.811. The zero-order valence-electron chi connectivity index (χ0n) is 8.04. The molecule has 15 heavy (non-hydrogen) atoms. The van der Waals surface area contributed by atoms with Crippen LogP contribution in [0.25, 0.3) is 6.08 Å². The van der Waals surface area contributed by atoms with E-state index in [1.54, 1.807) is 6.08 Å². The molecule has 0 fully saturated rings. The van der Waals surface area contributed by atoms with Crippen LogP contribution in [-0.4, -0.2) is 10.3 Å². The van der Waals surface area contributed by atoms with Crippen molar-refractivity contribution in [3.63, 3.8) is 0 Å². The molecule has 0 saturated heterocycles. The summed E-state index contributed by atoms with van der Waals surface area (Å²) in [5.41, 5.74) is 1.14. The highest BCUT2D eigenvalue weighted by molar-refractivity contribution is 9.09. The summed E-state index contributed by atoms with van der Waals surface area (Å²) >= 11 is 3.26. The predicted molar refractivity (Wildman–Crippen MR) is 60.5 cm³/mol. The summed E-state index contributed by atoms with van der Waals surface area (Å²) in [6.45, 7) is 1.88. The van der Waals surface area contributed by atoms with Crippen molar-refractivity contribution in [1.29, 1.82) is 0 Å². The van der Waals surface area contributed by atoms with E-state index >= 15 is 0 Å². The molecule has 3 nitrogen and oxygen atoms in total. The van der Waals surface area contributed by atoms with Crippen LogP contribution in [0.1, 0.15) is 12.5 Å². The molecule has 0 unspecified atom stereocenters. The lowest BCUT2D eigenvalue weighted by molar-refractivity contribution is -0.387. The third-order valence-electron chi connectivity index (χ3n) is 1.79. The van der Waals surface area contributed by atoms with Gasteiger partial charge in [0.25, 0.3) is 0 Å². The van der Waals surface area contributed by atoms with Crippen LogP contribution in [0.4, 0.5) is 10.1 Å². The Bertz CT molecular complexity index is 418. The third kappa shape index (κ3) is 3.13. The van der Waals surface area contributed by atoms with Crippen molar-refractivity contribution in [1.82, 2.24) is 0 Å². The van der Waals surface area contributed by atoms with Gasteiger partial charge in [0.2, 0.25) is 5.82 Å².